The van der Waals surface area contributed by atoms with Gasteiger partial charge in [0.05, 0.1) is 10.6 Å². The Morgan fingerprint density at radius 1 is 1.21 bits per heavy atom. The van der Waals surface area contributed by atoms with Crippen LogP contribution in [0.25, 0.3) is 16.3 Å². The second-order valence-corrected chi connectivity index (χ2v) is 12.1. The molecule has 1 unspecified atom stereocenters. The highest BCUT2D eigenvalue weighted by Crippen LogP contribution is 2.42. The molecule has 1 atom stereocenters. The minimum Gasteiger partial charge on any atom is -0.304 e. The Labute approximate surface area is 202 Å². The smallest absolute Gasteiger partial charge is 0.258 e. The number of aryl methyl sites for hydroxylation is 2. The third-order valence-corrected chi connectivity index (χ3v) is 8.87. The minimum absolute atomic E-state index is 0.0630. The fraction of sp³-hybridized carbons (Fsp3) is 0.440. The first-order chi connectivity index (χ1) is 15.7. The molecule has 5 rings (SSSR count). The summed E-state index contributed by atoms with van der Waals surface area (Å²) in [6.07, 6.45) is 5.34. The molecule has 0 saturated heterocycles. The molecule has 0 saturated carbocycles. The van der Waals surface area contributed by atoms with Crippen LogP contribution in [0, 0.1) is 18.3 Å². The van der Waals surface area contributed by atoms with Gasteiger partial charge in [-0.05, 0) is 66.8 Å². The van der Waals surface area contributed by atoms with Crippen LogP contribution in [0.4, 0.5) is 0 Å². The Kier molecular flexibility index (Phi) is 5.69. The maximum absolute atomic E-state index is 12.4. The lowest BCUT2D eigenvalue weighted by Crippen LogP contribution is -2.26. The lowest BCUT2D eigenvalue weighted by atomic mass is 9.72. The van der Waals surface area contributed by atoms with E-state index < -0.39 is 0 Å². The van der Waals surface area contributed by atoms with Crippen LogP contribution >= 0.6 is 23.1 Å². The van der Waals surface area contributed by atoms with E-state index in [1.807, 2.05) is 37.4 Å². The van der Waals surface area contributed by atoms with Crippen LogP contribution in [0.5, 0.6) is 0 Å². The van der Waals surface area contributed by atoms with E-state index in [2.05, 4.69) is 46.6 Å². The highest BCUT2D eigenvalue weighted by Gasteiger charge is 2.30. The van der Waals surface area contributed by atoms with Crippen molar-refractivity contribution in [1.82, 2.24) is 24.1 Å². The van der Waals surface area contributed by atoms with Crippen molar-refractivity contribution in [1.29, 1.82) is 0 Å². The molecule has 0 spiro atoms. The van der Waals surface area contributed by atoms with Crippen LogP contribution < -0.4 is 5.56 Å². The maximum Gasteiger partial charge on any atom is 0.258 e. The second-order valence-electron chi connectivity index (χ2n) is 10.0. The van der Waals surface area contributed by atoms with Crippen molar-refractivity contribution >= 4 is 28.7 Å². The third kappa shape index (κ3) is 4.38. The average molecular weight is 480 g/mol. The number of thioether (sulfide) groups is 1. The summed E-state index contributed by atoms with van der Waals surface area (Å²) in [5.74, 6) is 2.20. The molecule has 33 heavy (non-hydrogen) atoms. The maximum atomic E-state index is 12.4. The van der Waals surface area contributed by atoms with Crippen molar-refractivity contribution in [3.63, 3.8) is 0 Å². The van der Waals surface area contributed by atoms with Gasteiger partial charge in [-0.25, -0.2) is 4.98 Å². The first-order valence-electron chi connectivity index (χ1n) is 11.3. The van der Waals surface area contributed by atoms with Crippen molar-refractivity contribution in [3.8, 4) is 10.7 Å². The SMILES string of the molecule is Cc1ccn2c(=O)cc(CSc3nnc(-c4cc5c(s4)CCC(C(C)(C)C)C5)n3C)nc2c1. The van der Waals surface area contributed by atoms with Gasteiger partial charge in [-0.1, -0.05) is 32.5 Å². The molecule has 4 aromatic heterocycles. The molecular weight excluding hydrogens is 450 g/mol. The van der Waals surface area contributed by atoms with E-state index in [-0.39, 0.29) is 5.56 Å². The van der Waals surface area contributed by atoms with Gasteiger partial charge < -0.3 is 4.57 Å². The first-order valence-corrected chi connectivity index (χ1v) is 13.1. The van der Waals surface area contributed by atoms with E-state index in [4.69, 9.17) is 0 Å². The molecule has 6 nitrogen and oxygen atoms in total. The van der Waals surface area contributed by atoms with Crippen LogP contribution in [-0.2, 0) is 25.6 Å². The molecule has 0 aromatic carbocycles. The average Bonchev–Trinajstić information content (AvgIpc) is 3.33. The predicted molar refractivity (Wildman–Crippen MR) is 135 cm³/mol. The number of hydrogen-bond donors (Lipinski definition) is 0. The summed E-state index contributed by atoms with van der Waals surface area (Å²) in [5, 5.41) is 9.77. The molecule has 0 amide bonds. The summed E-state index contributed by atoms with van der Waals surface area (Å²) in [5.41, 5.74) is 4.26. The number of aromatic nitrogens is 5. The largest absolute Gasteiger partial charge is 0.304 e. The van der Waals surface area contributed by atoms with Gasteiger partial charge in [0.2, 0.25) is 0 Å². The molecule has 0 fully saturated rings. The first kappa shape index (κ1) is 22.3. The second kappa shape index (κ2) is 8.40. The van der Waals surface area contributed by atoms with Crippen molar-refractivity contribution in [3.05, 3.63) is 62.5 Å². The summed E-state index contributed by atoms with van der Waals surface area (Å²) in [6.45, 7) is 9.05. The summed E-state index contributed by atoms with van der Waals surface area (Å²) < 4.78 is 3.63. The molecule has 0 N–H and O–H groups in total. The molecule has 1 aliphatic rings. The van der Waals surface area contributed by atoms with Gasteiger partial charge in [0.1, 0.15) is 5.65 Å². The Balaban J connectivity index is 1.35. The number of pyridine rings is 1. The molecule has 8 heteroatoms. The number of nitrogens with zero attached hydrogens (tertiary/aromatic N) is 5. The van der Waals surface area contributed by atoms with Gasteiger partial charge in [-0.15, -0.1) is 21.5 Å². The Morgan fingerprint density at radius 3 is 2.82 bits per heavy atom. The highest BCUT2D eigenvalue weighted by atomic mass is 32.2. The molecule has 1 aliphatic carbocycles. The summed E-state index contributed by atoms with van der Waals surface area (Å²) >= 11 is 3.42. The van der Waals surface area contributed by atoms with Crippen LogP contribution in [0.2, 0.25) is 0 Å². The molecule has 4 heterocycles. The van der Waals surface area contributed by atoms with E-state index in [1.54, 1.807) is 28.4 Å². The van der Waals surface area contributed by atoms with Gasteiger partial charge >= 0.3 is 0 Å². The zero-order valence-electron chi connectivity index (χ0n) is 19.8. The minimum atomic E-state index is -0.0630. The molecule has 0 radical (unpaired) electrons. The quantitative estimate of drug-likeness (QED) is 0.372. The number of rotatable bonds is 4. The van der Waals surface area contributed by atoms with Crippen LogP contribution in [0.3, 0.4) is 0 Å². The van der Waals surface area contributed by atoms with E-state index in [0.717, 1.165) is 41.0 Å². The fourth-order valence-electron chi connectivity index (χ4n) is 4.49. The van der Waals surface area contributed by atoms with Crippen molar-refractivity contribution in [2.24, 2.45) is 18.4 Å². The van der Waals surface area contributed by atoms with Gasteiger partial charge in [-0.3, -0.25) is 9.20 Å². The van der Waals surface area contributed by atoms with E-state index in [1.165, 1.54) is 21.7 Å². The van der Waals surface area contributed by atoms with Gasteiger partial charge in [-0.2, -0.15) is 0 Å². The number of fused-ring (bicyclic) bond motifs is 2. The molecule has 0 aliphatic heterocycles. The zero-order chi connectivity index (χ0) is 23.3. The van der Waals surface area contributed by atoms with Gasteiger partial charge in [0.15, 0.2) is 11.0 Å². The van der Waals surface area contributed by atoms with Crippen LogP contribution in [-0.4, -0.2) is 24.1 Å². The molecule has 172 valence electrons. The van der Waals surface area contributed by atoms with Crippen molar-refractivity contribution in [2.45, 2.75) is 57.9 Å². The lowest BCUT2D eigenvalue weighted by molar-refractivity contribution is 0.217. The van der Waals surface area contributed by atoms with Crippen LogP contribution in [0.15, 0.2) is 40.4 Å². The molecular formula is C25H29N5OS2. The predicted octanol–water partition coefficient (Wildman–Crippen LogP) is 5.30. The standard InChI is InChI=1S/C25H29N5OS2/c1-15-8-9-30-21(10-15)26-18(13-22(30)31)14-32-24-28-27-23(29(24)5)20-12-16-11-17(25(2,3)4)6-7-19(16)33-20/h8-10,12-13,17H,6-7,11,14H2,1-5H3. The van der Waals surface area contributed by atoms with Gasteiger partial charge in [0, 0.05) is 29.9 Å². The zero-order valence-corrected chi connectivity index (χ0v) is 21.4. The van der Waals surface area contributed by atoms with Crippen molar-refractivity contribution < 1.29 is 0 Å². The lowest BCUT2D eigenvalue weighted by Gasteiger charge is -2.33. The van der Waals surface area contributed by atoms with E-state index in [0.29, 0.717) is 16.8 Å². The van der Waals surface area contributed by atoms with Gasteiger partial charge in [0.25, 0.3) is 5.56 Å². The topological polar surface area (TPSA) is 65.1 Å². The summed E-state index contributed by atoms with van der Waals surface area (Å²) in [6, 6.07) is 7.77. The van der Waals surface area contributed by atoms with Crippen molar-refractivity contribution in [2.75, 3.05) is 0 Å². The van der Waals surface area contributed by atoms with E-state index >= 15 is 0 Å². The third-order valence-electron chi connectivity index (χ3n) is 6.59. The molecule has 0 bridgehead atoms. The summed E-state index contributed by atoms with van der Waals surface area (Å²) in [4.78, 5) is 19.8. The number of thiophene rings is 1. The Hall–Kier alpha value is -2.45. The summed E-state index contributed by atoms with van der Waals surface area (Å²) in [7, 11) is 2.01. The van der Waals surface area contributed by atoms with Crippen LogP contribution in [0.1, 0.15) is 48.9 Å². The Morgan fingerprint density at radius 2 is 2.03 bits per heavy atom. The monoisotopic (exact) mass is 479 g/mol. The number of hydrogen-bond acceptors (Lipinski definition) is 6. The normalized spacial score (nSPS) is 16.3. The molecule has 4 aromatic rings. The van der Waals surface area contributed by atoms with E-state index in [9.17, 15) is 4.79 Å². The fourth-order valence-corrected chi connectivity index (χ4v) is 6.53. The Bertz CT molecular complexity index is 1390. The highest BCUT2D eigenvalue weighted by molar-refractivity contribution is 7.98.